The van der Waals surface area contributed by atoms with Gasteiger partial charge in [-0.25, -0.2) is 8.42 Å². The van der Waals surface area contributed by atoms with E-state index in [1.165, 1.54) is 4.31 Å². The average molecular weight is 314 g/mol. The number of aliphatic hydroxyl groups is 1. The van der Waals surface area contributed by atoms with E-state index in [9.17, 15) is 13.5 Å². The van der Waals surface area contributed by atoms with E-state index in [4.69, 9.17) is 4.42 Å². The van der Waals surface area contributed by atoms with Crippen LogP contribution in [0.25, 0.3) is 0 Å². The van der Waals surface area contributed by atoms with Gasteiger partial charge in [0.1, 0.15) is 5.76 Å². The maximum atomic E-state index is 12.4. The molecule has 1 atom stereocenters. The zero-order valence-electron chi connectivity index (χ0n) is 12.1. The second kappa shape index (κ2) is 6.08. The fraction of sp³-hybridized carbons (Fsp3) is 0.714. The molecule has 0 bridgehead atoms. The number of hydrogen-bond donors (Lipinski definition) is 1. The topological polar surface area (TPSA) is 74.0 Å². The maximum absolute atomic E-state index is 12.4. The van der Waals surface area contributed by atoms with Gasteiger partial charge in [-0.2, -0.15) is 4.31 Å². The van der Waals surface area contributed by atoms with Crippen molar-refractivity contribution in [1.29, 1.82) is 0 Å². The lowest BCUT2D eigenvalue weighted by Crippen LogP contribution is -2.37. The van der Waals surface area contributed by atoms with Gasteiger partial charge < -0.3 is 9.52 Å². The van der Waals surface area contributed by atoms with E-state index in [1.54, 1.807) is 12.1 Å². The van der Waals surface area contributed by atoms with E-state index in [-0.39, 0.29) is 11.2 Å². The SMILES string of the molecule is O=S(=O)(c1ccc(CN2CCCC(O)C2)o1)N1CCCC1. The molecule has 0 radical (unpaired) electrons. The van der Waals surface area contributed by atoms with E-state index >= 15 is 0 Å². The molecule has 2 aliphatic heterocycles. The van der Waals surface area contributed by atoms with E-state index in [2.05, 4.69) is 4.90 Å². The smallest absolute Gasteiger partial charge is 0.276 e. The summed E-state index contributed by atoms with van der Waals surface area (Å²) in [6.07, 6.45) is 3.34. The highest BCUT2D eigenvalue weighted by atomic mass is 32.2. The standard InChI is InChI=1S/C14H22N2O4S/c17-12-4-3-7-15(10-12)11-13-5-6-14(20-13)21(18,19)16-8-1-2-9-16/h5-6,12,17H,1-4,7-11H2. The number of nitrogens with zero attached hydrogens (tertiary/aromatic N) is 2. The number of likely N-dealkylation sites (tertiary alicyclic amines) is 1. The van der Waals surface area contributed by atoms with Crippen molar-refractivity contribution in [2.75, 3.05) is 26.2 Å². The summed E-state index contributed by atoms with van der Waals surface area (Å²) in [6, 6.07) is 3.27. The number of sulfonamides is 1. The molecular formula is C14H22N2O4S. The summed E-state index contributed by atoms with van der Waals surface area (Å²) < 4.78 is 31.8. The highest BCUT2D eigenvalue weighted by molar-refractivity contribution is 7.89. The van der Waals surface area contributed by atoms with Crippen LogP contribution in [0, 0.1) is 0 Å². The second-order valence-corrected chi connectivity index (χ2v) is 7.73. The molecule has 2 saturated heterocycles. The van der Waals surface area contributed by atoms with Crippen LogP contribution >= 0.6 is 0 Å². The Morgan fingerprint density at radius 2 is 1.95 bits per heavy atom. The molecule has 1 N–H and O–H groups in total. The Morgan fingerprint density at radius 1 is 1.19 bits per heavy atom. The Morgan fingerprint density at radius 3 is 2.67 bits per heavy atom. The minimum absolute atomic E-state index is 0.0388. The van der Waals surface area contributed by atoms with E-state index in [0.717, 1.165) is 32.2 Å². The van der Waals surface area contributed by atoms with Crippen LogP contribution in [0.3, 0.4) is 0 Å². The van der Waals surface area contributed by atoms with Crippen molar-refractivity contribution in [3.8, 4) is 0 Å². The van der Waals surface area contributed by atoms with Gasteiger partial charge in [-0.05, 0) is 44.4 Å². The monoisotopic (exact) mass is 314 g/mol. The molecule has 1 unspecified atom stereocenters. The van der Waals surface area contributed by atoms with Crippen LogP contribution < -0.4 is 0 Å². The third-order valence-corrected chi connectivity index (χ3v) is 5.93. The molecule has 3 rings (SSSR count). The van der Waals surface area contributed by atoms with Gasteiger partial charge in [0, 0.05) is 19.6 Å². The predicted molar refractivity (Wildman–Crippen MR) is 77.2 cm³/mol. The molecule has 3 heterocycles. The van der Waals surface area contributed by atoms with Gasteiger partial charge in [-0.1, -0.05) is 0 Å². The number of piperidine rings is 1. The third kappa shape index (κ3) is 3.31. The van der Waals surface area contributed by atoms with E-state index in [0.29, 0.717) is 31.9 Å². The van der Waals surface area contributed by atoms with Gasteiger partial charge in [-0.3, -0.25) is 4.90 Å². The maximum Gasteiger partial charge on any atom is 0.276 e. The first-order valence-corrected chi connectivity index (χ1v) is 8.99. The molecule has 1 aromatic rings. The Kier molecular flexibility index (Phi) is 4.35. The zero-order valence-corrected chi connectivity index (χ0v) is 12.9. The van der Waals surface area contributed by atoms with Gasteiger partial charge in [0.15, 0.2) is 0 Å². The summed E-state index contributed by atoms with van der Waals surface area (Å²) in [5.74, 6) is 0.641. The van der Waals surface area contributed by atoms with E-state index < -0.39 is 10.0 Å². The van der Waals surface area contributed by atoms with Gasteiger partial charge in [0.25, 0.3) is 10.0 Å². The number of hydrogen-bond acceptors (Lipinski definition) is 5. The van der Waals surface area contributed by atoms with Gasteiger partial charge in [0.05, 0.1) is 12.6 Å². The minimum atomic E-state index is -3.47. The molecule has 6 nitrogen and oxygen atoms in total. The van der Waals surface area contributed by atoms with Crippen LogP contribution in [-0.4, -0.2) is 55.0 Å². The third-order valence-electron chi connectivity index (χ3n) is 4.16. The Labute approximate surface area is 125 Å². The van der Waals surface area contributed by atoms with Crippen LogP contribution in [0.2, 0.25) is 0 Å². The Hall–Kier alpha value is -0.890. The molecule has 2 fully saturated rings. The average Bonchev–Trinajstić information content (AvgIpc) is 3.10. The Bertz CT molecular complexity index is 578. The van der Waals surface area contributed by atoms with Crippen molar-refractivity contribution in [2.45, 2.75) is 43.4 Å². The van der Waals surface area contributed by atoms with Crippen molar-refractivity contribution < 1.29 is 17.9 Å². The predicted octanol–water partition coefficient (Wildman–Crippen LogP) is 1.02. The lowest BCUT2D eigenvalue weighted by atomic mass is 10.1. The number of aliphatic hydroxyl groups excluding tert-OH is 1. The normalized spacial score (nSPS) is 25.5. The second-order valence-electron chi connectivity index (χ2n) is 5.86. The molecule has 2 aliphatic rings. The first kappa shape index (κ1) is 15.0. The van der Waals surface area contributed by atoms with Gasteiger partial charge in [0.2, 0.25) is 5.09 Å². The summed E-state index contributed by atoms with van der Waals surface area (Å²) in [5.41, 5.74) is 0. The van der Waals surface area contributed by atoms with Crippen LogP contribution in [0.15, 0.2) is 21.6 Å². The highest BCUT2D eigenvalue weighted by Gasteiger charge is 2.30. The van der Waals surface area contributed by atoms with Crippen LogP contribution in [-0.2, 0) is 16.6 Å². The summed E-state index contributed by atoms with van der Waals surface area (Å²) in [5, 5.41) is 9.70. The van der Waals surface area contributed by atoms with Crippen LogP contribution in [0.1, 0.15) is 31.4 Å². The van der Waals surface area contributed by atoms with E-state index in [1.807, 2.05) is 0 Å². The van der Waals surface area contributed by atoms with Crippen molar-refractivity contribution >= 4 is 10.0 Å². The number of β-amino-alcohol motifs (C(OH)–C–C–N with tert-alkyl or cyclic N) is 1. The molecule has 7 heteroatoms. The summed E-state index contributed by atoms with van der Waals surface area (Å²) >= 11 is 0. The quantitative estimate of drug-likeness (QED) is 0.898. The largest absolute Gasteiger partial charge is 0.447 e. The van der Waals surface area contributed by atoms with Gasteiger partial charge >= 0.3 is 0 Å². The molecule has 21 heavy (non-hydrogen) atoms. The zero-order chi connectivity index (χ0) is 14.9. The highest BCUT2D eigenvalue weighted by Crippen LogP contribution is 2.23. The van der Waals surface area contributed by atoms with Gasteiger partial charge in [-0.15, -0.1) is 0 Å². The molecule has 1 aromatic heterocycles. The van der Waals surface area contributed by atoms with Crippen LogP contribution in [0.4, 0.5) is 0 Å². The molecule has 0 saturated carbocycles. The Balaban J connectivity index is 1.68. The number of furan rings is 1. The van der Waals surface area contributed by atoms with Crippen molar-refractivity contribution in [1.82, 2.24) is 9.21 Å². The van der Waals surface area contributed by atoms with Crippen LogP contribution in [0.5, 0.6) is 0 Å². The van der Waals surface area contributed by atoms with Crippen molar-refractivity contribution in [3.05, 3.63) is 17.9 Å². The molecule has 0 aromatic carbocycles. The molecule has 118 valence electrons. The van der Waals surface area contributed by atoms with Crippen molar-refractivity contribution in [2.24, 2.45) is 0 Å². The summed E-state index contributed by atoms with van der Waals surface area (Å²) in [4.78, 5) is 2.10. The lowest BCUT2D eigenvalue weighted by Gasteiger charge is -2.29. The summed E-state index contributed by atoms with van der Waals surface area (Å²) in [7, 11) is -3.47. The fourth-order valence-electron chi connectivity index (χ4n) is 3.03. The fourth-order valence-corrected chi connectivity index (χ4v) is 4.48. The number of rotatable bonds is 4. The molecular weight excluding hydrogens is 292 g/mol. The first-order chi connectivity index (χ1) is 10.1. The molecule has 0 spiro atoms. The summed E-state index contributed by atoms with van der Waals surface area (Å²) in [6.45, 7) is 3.24. The molecule has 0 aliphatic carbocycles. The molecule has 0 amide bonds. The minimum Gasteiger partial charge on any atom is -0.447 e. The lowest BCUT2D eigenvalue weighted by molar-refractivity contribution is 0.0626. The van der Waals surface area contributed by atoms with Crippen molar-refractivity contribution in [3.63, 3.8) is 0 Å². The first-order valence-electron chi connectivity index (χ1n) is 7.55.